The first-order valence-electron chi connectivity index (χ1n) is 8.54. The lowest BCUT2D eigenvalue weighted by Crippen LogP contribution is -2.26. The number of para-hydroxylation sites is 1. The van der Waals surface area contributed by atoms with Crippen molar-refractivity contribution < 1.29 is 14.7 Å². The number of amides is 1. The van der Waals surface area contributed by atoms with Crippen LogP contribution in [-0.2, 0) is 16.1 Å². The number of aliphatic carboxylic acids is 1. The lowest BCUT2D eigenvalue weighted by molar-refractivity contribution is -0.140. The summed E-state index contributed by atoms with van der Waals surface area (Å²) in [5.41, 5.74) is 3.37. The Bertz CT molecular complexity index is 923. The Labute approximate surface area is 156 Å². The second-order valence-corrected chi connectivity index (χ2v) is 6.17. The van der Waals surface area contributed by atoms with Crippen LogP contribution < -0.4 is 0 Å². The summed E-state index contributed by atoms with van der Waals surface area (Å²) in [6.45, 7) is 0.329. The van der Waals surface area contributed by atoms with Gasteiger partial charge in [-0.25, -0.2) is 4.68 Å². The van der Waals surface area contributed by atoms with Crippen LogP contribution in [0.3, 0.4) is 0 Å². The van der Waals surface area contributed by atoms with Crippen molar-refractivity contribution in [3.05, 3.63) is 66.6 Å². The second kappa shape index (κ2) is 8.27. The summed E-state index contributed by atoms with van der Waals surface area (Å²) < 4.78 is 1.77. The number of carbonyl (C=O) groups is 2. The first kappa shape index (κ1) is 18.3. The summed E-state index contributed by atoms with van der Waals surface area (Å²) in [6.07, 6.45) is 5.10. The van der Waals surface area contributed by atoms with Crippen LogP contribution >= 0.6 is 0 Å². The number of carbonyl (C=O) groups excluding carboxylic acids is 1. The summed E-state index contributed by atoms with van der Waals surface area (Å²) in [5, 5.41) is 13.4. The molecule has 0 saturated heterocycles. The molecular weight excluding hydrogens is 344 g/mol. The second-order valence-electron chi connectivity index (χ2n) is 6.17. The van der Waals surface area contributed by atoms with Crippen LogP contribution in [0.25, 0.3) is 16.9 Å². The Morgan fingerprint density at radius 1 is 1.11 bits per heavy atom. The van der Waals surface area contributed by atoms with Crippen molar-refractivity contribution in [2.45, 2.75) is 19.4 Å². The summed E-state index contributed by atoms with van der Waals surface area (Å²) in [4.78, 5) is 28.6. The summed E-state index contributed by atoms with van der Waals surface area (Å²) in [5.74, 6) is -1.20. The highest BCUT2D eigenvalue weighted by atomic mass is 16.4. The van der Waals surface area contributed by atoms with Crippen LogP contribution in [0.15, 0.2) is 61.1 Å². The van der Waals surface area contributed by atoms with Crippen LogP contribution in [0.4, 0.5) is 0 Å². The van der Waals surface area contributed by atoms with Crippen LogP contribution in [0, 0.1) is 0 Å². The normalized spacial score (nSPS) is 10.6. The number of carboxylic acid groups (broad SMARTS) is 1. The zero-order valence-corrected chi connectivity index (χ0v) is 14.9. The fraction of sp³-hybridized carbons (Fsp3) is 0.200. The van der Waals surface area contributed by atoms with E-state index in [-0.39, 0.29) is 18.7 Å². The largest absolute Gasteiger partial charge is 0.481 e. The molecule has 0 spiro atoms. The highest BCUT2D eigenvalue weighted by molar-refractivity contribution is 5.80. The predicted molar refractivity (Wildman–Crippen MR) is 100 cm³/mol. The molecule has 0 unspecified atom stereocenters. The van der Waals surface area contributed by atoms with Gasteiger partial charge in [0.25, 0.3) is 0 Å². The third-order valence-electron chi connectivity index (χ3n) is 4.13. The van der Waals surface area contributed by atoms with E-state index in [1.807, 2.05) is 48.7 Å². The van der Waals surface area contributed by atoms with E-state index in [4.69, 9.17) is 5.11 Å². The zero-order valence-electron chi connectivity index (χ0n) is 14.9. The first-order valence-corrected chi connectivity index (χ1v) is 8.54. The molecule has 0 saturated carbocycles. The van der Waals surface area contributed by atoms with Gasteiger partial charge in [-0.2, -0.15) is 5.10 Å². The number of hydrogen-bond donors (Lipinski definition) is 1. The fourth-order valence-corrected chi connectivity index (χ4v) is 2.73. The van der Waals surface area contributed by atoms with E-state index >= 15 is 0 Å². The van der Waals surface area contributed by atoms with Gasteiger partial charge in [-0.05, 0) is 24.3 Å². The molecule has 0 aliphatic carbocycles. The maximum atomic E-state index is 12.2. The number of nitrogens with zero attached hydrogens (tertiary/aromatic N) is 4. The topological polar surface area (TPSA) is 88.3 Å². The minimum Gasteiger partial charge on any atom is -0.481 e. The SMILES string of the molecule is CN(Cc1cn(-c2ccccc2)nc1-c1cccnc1)C(=O)CCC(=O)O. The average Bonchev–Trinajstić information content (AvgIpc) is 3.11. The predicted octanol–water partition coefficient (Wildman–Crippen LogP) is 2.76. The molecule has 1 N–H and O–H groups in total. The van der Waals surface area contributed by atoms with Crippen LogP contribution in [-0.4, -0.2) is 43.7 Å². The molecule has 0 atom stereocenters. The zero-order chi connectivity index (χ0) is 19.2. The molecule has 1 aromatic carbocycles. The van der Waals surface area contributed by atoms with Gasteiger partial charge < -0.3 is 10.0 Å². The number of hydrogen-bond acceptors (Lipinski definition) is 4. The van der Waals surface area contributed by atoms with Crippen molar-refractivity contribution in [2.24, 2.45) is 0 Å². The van der Waals surface area contributed by atoms with Crippen LogP contribution in [0.1, 0.15) is 18.4 Å². The van der Waals surface area contributed by atoms with Gasteiger partial charge in [0, 0.05) is 49.7 Å². The van der Waals surface area contributed by atoms with Crippen molar-refractivity contribution in [3.63, 3.8) is 0 Å². The molecule has 3 rings (SSSR count). The Balaban J connectivity index is 1.90. The van der Waals surface area contributed by atoms with Gasteiger partial charge in [-0.3, -0.25) is 14.6 Å². The number of carboxylic acids is 1. The van der Waals surface area contributed by atoms with Crippen LogP contribution in [0.5, 0.6) is 0 Å². The first-order chi connectivity index (χ1) is 13.0. The lowest BCUT2D eigenvalue weighted by atomic mass is 10.1. The van der Waals surface area contributed by atoms with E-state index in [2.05, 4.69) is 10.1 Å². The minimum absolute atomic E-state index is 0.0269. The Kier molecular flexibility index (Phi) is 5.61. The Hall–Kier alpha value is -3.48. The molecular formula is C20H20N4O3. The van der Waals surface area contributed by atoms with Gasteiger partial charge in [0.1, 0.15) is 0 Å². The molecule has 27 heavy (non-hydrogen) atoms. The molecule has 7 heteroatoms. The standard InChI is InChI=1S/C20H20N4O3/c1-23(18(25)9-10-19(26)27)13-16-14-24(17-7-3-2-4-8-17)22-20(16)15-6-5-11-21-12-15/h2-8,11-12,14H,9-10,13H2,1H3,(H,26,27). The molecule has 2 aromatic heterocycles. The molecule has 0 fully saturated rings. The van der Waals surface area contributed by atoms with Gasteiger partial charge in [-0.15, -0.1) is 0 Å². The molecule has 0 aliphatic heterocycles. The summed E-state index contributed by atoms with van der Waals surface area (Å²) >= 11 is 0. The van der Waals surface area contributed by atoms with Crippen LogP contribution in [0.2, 0.25) is 0 Å². The lowest BCUT2D eigenvalue weighted by Gasteiger charge is -2.16. The van der Waals surface area contributed by atoms with Gasteiger partial charge in [-0.1, -0.05) is 18.2 Å². The number of aromatic nitrogens is 3. The quantitative estimate of drug-likeness (QED) is 0.696. The third-order valence-corrected chi connectivity index (χ3v) is 4.13. The molecule has 0 radical (unpaired) electrons. The molecule has 1 amide bonds. The van der Waals surface area contributed by atoms with Crippen molar-refractivity contribution in [3.8, 4) is 16.9 Å². The van der Waals surface area contributed by atoms with Gasteiger partial charge in [0.05, 0.1) is 17.8 Å². The highest BCUT2D eigenvalue weighted by Gasteiger charge is 2.17. The maximum absolute atomic E-state index is 12.2. The van der Waals surface area contributed by atoms with Gasteiger partial charge in [0.2, 0.25) is 5.91 Å². The number of pyridine rings is 1. The van der Waals surface area contributed by atoms with Crippen molar-refractivity contribution >= 4 is 11.9 Å². The number of rotatable bonds is 7. The Morgan fingerprint density at radius 2 is 1.89 bits per heavy atom. The van der Waals surface area contributed by atoms with Gasteiger partial charge >= 0.3 is 5.97 Å². The minimum atomic E-state index is -0.982. The maximum Gasteiger partial charge on any atom is 0.303 e. The number of benzene rings is 1. The molecule has 138 valence electrons. The van der Waals surface area contributed by atoms with E-state index in [0.29, 0.717) is 6.54 Å². The average molecular weight is 364 g/mol. The fourth-order valence-electron chi connectivity index (χ4n) is 2.73. The van der Waals surface area contributed by atoms with E-state index < -0.39 is 5.97 Å². The monoisotopic (exact) mass is 364 g/mol. The van der Waals surface area contributed by atoms with E-state index in [1.165, 1.54) is 4.90 Å². The van der Waals surface area contributed by atoms with Crippen molar-refractivity contribution in [1.82, 2.24) is 19.7 Å². The molecule has 3 aromatic rings. The summed E-state index contributed by atoms with van der Waals surface area (Å²) in [6, 6.07) is 13.5. The van der Waals surface area contributed by atoms with E-state index in [0.717, 1.165) is 22.5 Å². The third kappa shape index (κ3) is 4.58. The highest BCUT2D eigenvalue weighted by Crippen LogP contribution is 2.24. The van der Waals surface area contributed by atoms with E-state index in [9.17, 15) is 9.59 Å². The molecule has 0 bridgehead atoms. The molecule has 7 nitrogen and oxygen atoms in total. The smallest absolute Gasteiger partial charge is 0.303 e. The van der Waals surface area contributed by atoms with Crippen molar-refractivity contribution in [2.75, 3.05) is 7.05 Å². The summed E-state index contributed by atoms with van der Waals surface area (Å²) in [7, 11) is 1.66. The Morgan fingerprint density at radius 3 is 2.56 bits per heavy atom. The van der Waals surface area contributed by atoms with Gasteiger partial charge in [0.15, 0.2) is 0 Å². The molecule has 2 heterocycles. The van der Waals surface area contributed by atoms with E-state index in [1.54, 1.807) is 24.1 Å². The molecule has 0 aliphatic rings. The van der Waals surface area contributed by atoms with Crippen molar-refractivity contribution in [1.29, 1.82) is 0 Å².